The van der Waals surface area contributed by atoms with Gasteiger partial charge in [-0.15, -0.1) is 0 Å². The predicted octanol–water partition coefficient (Wildman–Crippen LogP) is 1.13. The van der Waals surface area contributed by atoms with Crippen molar-refractivity contribution in [3.05, 3.63) is 23.5 Å². The molecule has 0 aliphatic heterocycles. The van der Waals surface area contributed by atoms with Crippen LogP contribution in [-0.4, -0.2) is 23.5 Å². The Bertz CT molecular complexity index is 519. The number of nitrogens with one attached hydrogen (secondary N) is 2. The summed E-state index contributed by atoms with van der Waals surface area (Å²) in [4.78, 5) is 17.6. The maximum Gasteiger partial charge on any atom is 0.207 e. The lowest BCUT2D eigenvalue weighted by atomic mass is 10.1. The summed E-state index contributed by atoms with van der Waals surface area (Å²) in [5.41, 5.74) is 3.77. The number of carbonyl (C=O) groups is 1. The van der Waals surface area contributed by atoms with Crippen LogP contribution in [0.5, 0.6) is 5.75 Å². The summed E-state index contributed by atoms with van der Waals surface area (Å²) in [5.74, 6) is 0.753. The van der Waals surface area contributed by atoms with Crippen LogP contribution in [0.25, 0.3) is 11.0 Å². The number of methoxy groups -OCH3 is 1. The maximum atomic E-state index is 10.3. The number of rotatable bonds is 4. The quantitative estimate of drug-likeness (QED) is 0.757. The van der Waals surface area contributed by atoms with Crippen molar-refractivity contribution in [3.63, 3.8) is 0 Å². The van der Waals surface area contributed by atoms with Gasteiger partial charge in [-0.1, -0.05) is 0 Å². The molecule has 0 aliphatic rings. The first kappa shape index (κ1) is 10.5. The van der Waals surface area contributed by atoms with Crippen molar-refractivity contribution in [1.82, 2.24) is 15.3 Å². The minimum Gasteiger partial charge on any atom is -0.496 e. The molecule has 0 saturated carbocycles. The first-order chi connectivity index (χ1) is 7.77. The van der Waals surface area contributed by atoms with Gasteiger partial charge in [0.05, 0.1) is 24.5 Å². The van der Waals surface area contributed by atoms with E-state index in [1.165, 1.54) is 0 Å². The van der Waals surface area contributed by atoms with Crippen molar-refractivity contribution < 1.29 is 9.53 Å². The third-order valence-corrected chi connectivity index (χ3v) is 2.54. The highest BCUT2D eigenvalue weighted by atomic mass is 16.5. The second kappa shape index (κ2) is 4.22. The molecule has 0 radical (unpaired) electrons. The second-order valence-electron chi connectivity index (χ2n) is 3.50. The van der Waals surface area contributed by atoms with Crippen LogP contribution < -0.4 is 10.1 Å². The van der Waals surface area contributed by atoms with Crippen LogP contribution in [0.2, 0.25) is 0 Å². The zero-order chi connectivity index (χ0) is 11.5. The fraction of sp³-hybridized carbons (Fsp3) is 0.273. The van der Waals surface area contributed by atoms with E-state index in [0.717, 1.165) is 27.9 Å². The van der Waals surface area contributed by atoms with Crippen molar-refractivity contribution in [1.29, 1.82) is 0 Å². The summed E-state index contributed by atoms with van der Waals surface area (Å²) in [6.07, 6.45) is 2.31. The van der Waals surface area contributed by atoms with Crippen LogP contribution in [0, 0.1) is 6.92 Å². The number of H-pyrrole nitrogens is 1. The standard InChI is InChI=1S/C11H13N3O2/c1-7-3-9(16-2)8(4-12-6-15)11-10(7)13-5-14-11/h3,5-6H,4H2,1-2H3,(H,12,15)(H,13,14). The molecule has 1 aromatic carbocycles. The number of hydrogen-bond acceptors (Lipinski definition) is 3. The first-order valence-corrected chi connectivity index (χ1v) is 4.94. The number of benzene rings is 1. The normalized spacial score (nSPS) is 10.4. The van der Waals surface area contributed by atoms with Crippen molar-refractivity contribution in [3.8, 4) is 5.75 Å². The van der Waals surface area contributed by atoms with Crippen LogP contribution in [0.1, 0.15) is 11.1 Å². The van der Waals surface area contributed by atoms with Gasteiger partial charge in [0.25, 0.3) is 0 Å². The lowest BCUT2D eigenvalue weighted by molar-refractivity contribution is -0.109. The van der Waals surface area contributed by atoms with Gasteiger partial charge >= 0.3 is 0 Å². The molecule has 0 bridgehead atoms. The SMILES string of the molecule is COc1cc(C)c2nc[nH]c2c1CNC=O. The number of fused-ring (bicyclic) bond motifs is 1. The molecule has 0 aliphatic carbocycles. The highest BCUT2D eigenvalue weighted by Gasteiger charge is 2.12. The molecule has 0 spiro atoms. The summed E-state index contributed by atoms with van der Waals surface area (Å²) >= 11 is 0. The molecule has 0 unspecified atom stereocenters. The van der Waals surface area contributed by atoms with Crippen LogP contribution in [-0.2, 0) is 11.3 Å². The topological polar surface area (TPSA) is 67.0 Å². The van der Waals surface area contributed by atoms with Crippen molar-refractivity contribution in [2.24, 2.45) is 0 Å². The van der Waals surface area contributed by atoms with E-state index in [0.29, 0.717) is 13.0 Å². The molecule has 0 atom stereocenters. The molecule has 2 aromatic rings. The van der Waals surface area contributed by atoms with Crippen LogP contribution in [0.3, 0.4) is 0 Å². The Balaban J connectivity index is 2.61. The number of nitrogens with zero attached hydrogens (tertiary/aromatic N) is 1. The largest absolute Gasteiger partial charge is 0.496 e. The number of aromatic nitrogens is 2. The average Bonchev–Trinajstić information content (AvgIpc) is 2.77. The second-order valence-corrected chi connectivity index (χ2v) is 3.50. The number of amides is 1. The molecule has 0 saturated heterocycles. The summed E-state index contributed by atoms with van der Waals surface area (Å²) in [6, 6.07) is 1.92. The molecule has 84 valence electrons. The molecule has 1 aromatic heterocycles. The lowest BCUT2D eigenvalue weighted by Crippen LogP contribution is -2.11. The molecule has 5 nitrogen and oxygen atoms in total. The number of aryl methyl sites for hydroxylation is 1. The number of ether oxygens (including phenoxy) is 1. The van der Waals surface area contributed by atoms with E-state index in [2.05, 4.69) is 15.3 Å². The van der Waals surface area contributed by atoms with E-state index in [-0.39, 0.29) is 0 Å². The highest BCUT2D eigenvalue weighted by Crippen LogP contribution is 2.28. The molecule has 16 heavy (non-hydrogen) atoms. The van der Waals surface area contributed by atoms with E-state index in [4.69, 9.17) is 4.74 Å². The summed E-state index contributed by atoms with van der Waals surface area (Å²) < 4.78 is 5.30. The van der Waals surface area contributed by atoms with E-state index in [1.54, 1.807) is 13.4 Å². The Morgan fingerprint density at radius 1 is 1.62 bits per heavy atom. The molecular weight excluding hydrogens is 206 g/mol. The first-order valence-electron chi connectivity index (χ1n) is 4.94. The third-order valence-electron chi connectivity index (χ3n) is 2.54. The monoisotopic (exact) mass is 219 g/mol. The molecule has 2 N–H and O–H groups in total. The minimum atomic E-state index is 0.422. The highest BCUT2D eigenvalue weighted by molar-refractivity contribution is 5.84. The van der Waals surface area contributed by atoms with Crippen molar-refractivity contribution in [2.75, 3.05) is 7.11 Å². The van der Waals surface area contributed by atoms with Gasteiger partial charge < -0.3 is 15.0 Å². The van der Waals surface area contributed by atoms with Gasteiger partial charge in [0.1, 0.15) is 5.75 Å². The van der Waals surface area contributed by atoms with E-state index < -0.39 is 0 Å². The Kier molecular flexibility index (Phi) is 2.76. The fourth-order valence-corrected chi connectivity index (χ4v) is 1.80. The number of aromatic amines is 1. The maximum absolute atomic E-state index is 10.3. The fourth-order valence-electron chi connectivity index (χ4n) is 1.80. The van der Waals surface area contributed by atoms with E-state index in [9.17, 15) is 4.79 Å². The van der Waals surface area contributed by atoms with Gasteiger partial charge in [-0.25, -0.2) is 4.98 Å². The van der Waals surface area contributed by atoms with Crippen molar-refractivity contribution in [2.45, 2.75) is 13.5 Å². The van der Waals surface area contributed by atoms with Gasteiger partial charge in [0, 0.05) is 12.1 Å². The predicted molar refractivity (Wildman–Crippen MR) is 60.3 cm³/mol. The Morgan fingerprint density at radius 3 is 3.12 bits per heavy atom. The molecule has 5 heteroatoms. The zero-order valence-corrected chi connectivity index (χ0v) is 9.20. The Labute approximate surface area is 92.8 Å². The average molecular weight is 219 g/mol. The summed E-state index contributed by atoms with van der Waals surface area (Å²) in [5, 5.41) is 2.63. The zero-order valence-electron chi connectivity index (χ0n) is 9.20. The molecule has 1 heterocycles. The number of hydrogen-bond donors (Lipinski definition) is 2. The number of carbonyl (C=O) groups excluding carboxylic acids is 1. The van der Waals surface area contributed by atoms with Gasteiger partial charge in [0.15, 0.2) is 0 Å². The molecule has 2 rings (SSSR count). The molecule has 1 amide bonds. The Morgan fingerprint density at radius 2 is 2.44 bits per heavy atom. The van der Waals surface area contributed by atoms with Crippen LogP contribution >= 0.6 is 0 Å². The van der Waals surface area contributed by atoms with Crippen LogP contribution in [0.4, 0.5) is 0 Å². The van der Waals surface area contributed by atoms with Gasteiger partial charge in [-0.3, -0.25) is 4.79 Å². The van der Waals surface area contributed by atoms with Crippen LogP contribution in [0.15, 0.2) is 12.4 Å². The van der Waals surface area contributed by atoms with E-state index >= 15 is 0 Å². The minimum absolute atomic E-state index is 0.422. The summed E-state index contributed by atoms with van der Waals surface area (Å²) in [7, 11) is 1.61. The lowest BCUT2D eigenvalue weighted by Gasteiger charge is -2.10. The smallest absolute Gasteiger partial charge is 0.207 e. The van der Waals surface area contributed by atoms with Gasteiger partial charge in [0.2, 0.25) is 6.41 Å². The number of imidazole rings is 1. The Hall–Kier alpha value is -2.04. The third kappa shape index (κ3) is 1.60. The molecular formula is C11H13N3O2. The van der Waals surface area contributed by atoms with Gasteiger partial charge in [-0.05, 0) is 18.6 Å². The van der Waals surface area contributed by atoms with Crippen molar-refractivity contribution >= 4 is 17.4 Å². The summed E-state index contributed by atoms with van der Waals surface area (Å²) in [6.45, 7) is 2.40. The van der Waals surface area contributed by atoms with Gasteiger partial charge in [-0.2, -0.15) is 0 Å². The molecule has 0 fully saturated rings. The van der Waals surface area contributed by atoms with E-state index in [1.807, 2.05) is 13.0 Å².